The van der Waals surface area contributed by atoms with E-state index in [0.29, 0.717) is 12.0 Å². The Morgan fingerprint density at radius 3 is 2.12 bits per heavy atom. The highest BCUT2D eigenvalue weighted by Crippen LogP contribution is 2.25. The highest BCUT2D eigenvalue weighted by molar-refractivity contribution is 6.50. The van der Waals surface area contributed by atoms with Gasteiger partial charge in [0.05, 0.1) is 6.04 Å². The fraction of sp³-hybridized carbons (Fsp3) is 0.529. The van der Waals surface area contributed by atoms with E-state index in [1.807, 2.05) is 0 Å². The maximum atomic E-state index is 9.75. The summed E-state index contributed by atoms with van der Waals surface area (Å²) >= 11 is 0. The molecule has 2 heterocycles. The van der Waals surface area contributed by atoms with Crippen LogP contribution in [-0.4, -0.2) is 17.0 Å². The summed E-state index contributed by atoms with van der Waals surface area (Å²) in [5.41, 5.74) is 5.15. The minimum atomic E-state index is -6.00. The van der Waals surface area contributed by atoms with Crippen molar-refractivity contribution in [2.45, 2.75) is 53.5 Å². The molecule has 3 nitrogen and oxygen atoms in total. The van der Waals surface area contributed by atoms with Gasteiger partial charge in [0.15, 0.2) is 0 Å². The minimum Gasteiger partial charge on any atom is -0.418 e. The molecule has 0 amide bonds. The van der Waals surface area contributed by atoms with Crippen molar-refractivity contribution in [2.75, 3.05) is 0 Å². The first kappa shape index (κ1) is 19.5. The summed E-state index contributed by atoms with van der Waals surface area (Å²) in [6.45, 7) is 11.1. The van der Waals surface area contributed by atoms with Crippen molar-refractivity contribution in [3.05, 3.63) is 41.0 Å². The van der Waals surface area contributed by atoms with Gasteiger partial charge in [-0.2, -0.15) is 0 Å². The first-order valence-electron chi connectivity index (χ1n) is 8.42. The van der Waals surface area contributed by atoms with Crippen molar-refractivity contribution >= 4 is 7.25 Å². The monoisotopic (exact) mass is 357 g/mol. The average Bonchev–Trinajstić information content (AvgIpc) is 2.94. The Morgan fingerprint density at radius 1 is 1.12 bits per heavy atom. The van der Waals surface area contributed by atoms with Gasteiger partial charge in [-0.3, -0.25) is 0 Å². The quantitative estimate of drug-likeness (QED) is 0.440. The zero-order valence-electron chi connectivity index (χ0n) is 15.2. The van der Waals surface area contributed by atoms with Gasteiger partial charge < -0.3 is 17.3 Å². The molecule has 138 valence electrons. The normalized spacial score (nSPS) is 16.6. The van der Waals surface area contributed by atoms with Crippen LogP contribution in [0.25, 0.3) is 5.69 Å². The van der Waals surface area contributed by atoms with Crippen LogP contribution in [-0.2, 0) is 6.42 Å². The standard InChI is InChI=1S/C17H24N3.BF4/c1-11(2)15-6-7-16-18-20(10-19(15)16)17-13(4)8-12(3)9-14(17)5;2-1(3,4)5/h8-11,15H,6-7H2,1-5H3;/q+1;-1/t15-;/m1./s1. The largest absolute Gasteiger partial charge is 0.673 e. The zero-order valence-corrected chi connectivity index (χ0v) is 15.2. The van der Waals surface area contributed by atoms with E-state index < -0.39 is 7.25 Å². The van der Waals surface area contributed by atoms with E-state index in [0.717, 1.165) is 6.42 Å². The number of hydrogen-bond acceptors (Lipinski definition) is 1. The molecule has 0 bridgehead atoms. The first-order chi connectivity index (χ1) is 11.5. The highest BCUT2D eigenvalue weighted by atomic mass is 19.5. The van der Waals surface area contributed by atoms with Gasteiger partial charge in [-0.1, -0.05) is 36.2 Å². The second-order valence-corrected chi connectivity index (χ2v) is 6.98. The van der Waals surface area contributed by atoms with Crippen LogP contribution in [0.1, 0.15) is 48.8 Å². The van der Waals surface area contributed by atoms with E-state index >= 15 is 0 Å². The fourth-order valence-corrected chi connectivity index (χ4v) is 3.55. The van der Waals surface area contributed by atoms with Crippen molar-refractivity contribution in [3.8, 4) is 5.69 Å². The lowest BCUT2D eigenvalue weighted by Crippen LogP contribution is -2.38. The van der Waals surface area contributed by atoms with Gasteiger partial charge in [-0.25, -0.2) is 4.57 Å². The predicted molar refractivity (Wildman–Crippen MR) is 90.4 cm³/mol. The average molecular weight is 357 g/mol. The Labute approximate surface area is 145 Å². The smallest absolute Gasteiger partial charge is 0.418 e. The molecule has 1 aliphatic heterocycles. The second kappa shape index (κ2) is 7.18. The van der Waals surface area contributed by atoms with E-state index in [1.165, 1.54) is 34.6 Å². The van der Waals surface area contributed by atoms with Gasteiger partial charge in [0.25, 0.3) is 5.82 Å². The lowest BCUT2D eigenvalue weighted by Gasteiger charge is -2.12. The lowest BCUT2D eigenvalue weighted by molar-refractivity contribution is -0.723. The fourth-order valence-electron chi connectivity index (χ4n) is 3.55. The van der Waals surface area contributed by atoms with Crippen LogP contribution >= 0.6 is 0 Å². The Morgan fingerprint density at radius 2 is 1.64 bits per heavy atom. The van der Waals surface area contributed by atoms with Gasteiger partial charge in [-0.05, 0) is 44.2 Å². The minimum absolute atomic E-state index is 0.602. The maximum absolute atomic E-state index is 9.75. The van der Waals surface area contributed by atoms with E-state index in [9.17, 15) is 17.3 Å². The van der Waals surface area contributed by atoms with Crippen molar-refractivity contribution in [3.63, 3.8) is 0 Å². The van der Waals surface area contributed by atoms with Crippen molar-refractivity contribution in [1.82, 2.24) is 9.78 Å². The van der Waals surface area contributed by atoms with Crippen molar-refractivity contribution in [1.29, 1.82) is 0 Å². The van der Waals surface area contributed by atoms with Crippen LogP contribution in [0.5, 0.6) is 0 Å². The van der Waals surface area contributed by atoms with E-state index in [2.05, 4.69) is 62.3 Å². The van der Waals surface area contributed by atoms with Crippen LogP contribution in [0, 0.1) is 26.7 Å². The summed E-state index contributed by atoms with van der Waals surface area (Å²) in [5.74, 6) is 1.89. The lowest BCUT2D eigenvalue weighted by atomic mass is 10.0. The molecule has 0 saturated carbocycles. The van der Waals surface area contributed by atoms with Gasteiger partial charge >= 0.3 is 7.25 Å². The number of benzene rings is 1. The molecule has 0 radical (unpaired) electrons. The SMILES string of the molecule is Cc1cc(C)c(-n2c[n+]3c(n2)CC[C@@H]3C(C)C)c(C)c1.F[B-](F)(F)F. The number of nitrogens with zero attached hydrogens (tertiary/aromatic N) is 3. The third kappa shape index (κ3) is 4.83. The number of fused-ring (bicyclic) bond motifs is 1. The van der Waals surface area contributed by atoms with E-state index in [1.54, 1.807) is 0 Å². The summed E-state index contributed by atoms with van der Waals surface area (Å²) in [6, 6.07) is 5.07. The molecule has 0 spiro atoms. The summed E-state index contributed by atoms with van der Waals surface area (Å²) in [4.78, 5) is 0. The summed E-state index contributed by atoms with van der Waals surface area (Å²) in [7, 11) is -6.00. The molecule has 1 atom stereocenters. The summed E-state index contributed by atoms with van der Waals surface area (Å²) < 4.78 is 43.5. The number of aryl methyl sites for hydroxylation is 4. The van der Waals surface area contributed by atoms with Crippen LogP contribution < -0.4 is 4.57 Å². The molecule has 1 aromatic heterocycles. The number of aromatic nitrogens is 3. The summed E-state index contributed by atoms with van der Waals surface area (Å²) in [6.07, 6.45) is 4.52. The van der Waals surface area contributed by atoms with Crippen molar-refractivity contribution in [2.24, 2.45) is 5.92 Å². The second-order valence-electron chi connectivity index (χ2n) is 6.98. The van der Waals surface area contributed by atoms with Crippen LogP contribution in [0.3, 0.4) is 0 Å². The molecule has 1 aliphatic rings. The van der Waals surface area contributed by atoms with Gasteiger partial charge in [-0.15, -0.1) is 0 Å². The molecular weight excluding hydrogens is 333 g/mol. The molecule has 0 N–H and O–H groups in total. The van der Waals surface area contributed by atoms with E-state index in [4.69, 9.17) is 5.10 Å². The maximum Gasteiger partial charge on any atom is 0.673 e. The molecular formula is C17H24BF4N3. The third-order valence-corrected chi connectivity index (χ3v) is 4.41. The Bertz CT molecular complexity index is 724. The molecule has 8 heteroatoms. The highest BCUT2D eigenvalue weighted by Gasteiger charge is 2.33. The zero-order chi connectivity index (χ0) is 18.9. The van der Waals surface area contributed by atoms with Crippen LogP contribution in [0.4, 0.5) is 17.3 Å². The molecule has 25 heavy (non-hydrogen) atoms. The topological polar surface area (TPSA) is 21.7 Å². The van der Waals surface area contributed by atoms with E-state index in [-0.39, 0.29) is 0 Å². The molecule has 0 saturated heterocycles. The Balaban J connectivity index is 0.000000399. The molecule has 2 aromatic rings. The number of hydrogen-bond donors (Lipinski definition) is 0. The Kier molecular flexibility index (Phi) is 5.59. The number of rotatable bonds is 2. The van der Waals surface area contributed by atoms with Gasteiger partial charge in [0, 0.05) is 11.5 Å². The molecule has 0 unspecified atom stereocenters. The van der Waals surface area contributed by atoms with Crippen LogP contribution in [0.2, 0.25) is 0 Å². The molecule has 1 aromatic carbocycles. The number of halogens is 4. The predicted octanol–water partition coefficient (Wildman–Crippen LogP) is 4.53. The van der Waals surface area contributed by atoms with Crippen LogP contribution in [0.15, 0.2) is 18.5 Å². The van der Waals surface area contributed by atoms with Gasteiger partial charge in [0.2, 0.25) is 6.33 Å². The molecule has 0 aliphatic carbocycles. The first-order valence-corrected chi connectivity index (χ1v) is 8.42. The molecule has 3 rings (SSSR count). The summed E-state index contributed by atoms with van der Waals surface area (Å²) in [5, 5.41) is 4.82. The molecule has 0 fully saturated rings. The van der Waals surface area contributed by atoms with Gasteiger partial charge in [0.1, 0.15) is 5.69 Å². The Hall–Kier alpha value is -1.86. The van der Waals surface area contributed by atoms with Crippen molar-refractivity contribution < 1.29 is 21.8 Å². The third-order valence-electron chi connectivity index (χ3n) is 4.41.